The van der Waals surface area contributed by atoms with Crippen LogP contribution in [0.1, 0.15) is 34.1 Å². The van der Waals surface area contributed by atoms with Crippen LogP contribution < -0.4 is 0 Å². The number of carbonyl (C=O) groups excluding carboxylic acids is 1. The SMILES string of the molecule is CCC(C)C(=O)OON=C(C)C. The quantitative estimate of drug-likeness (QED) is 0.370. The average Bonchev–Trinajstić information content (AvgIpc) is 2.02. The summed E-state index contributed by atoms with van der Waals surface area (Å²) < 4.78 is 0. The van der Waals surface area contributed by atoms with Gasteiger partial charge in [0.05, 0.1) is 11.6 Å². The minimum absolute atomic E-state index is 0.141. The van der Waals surface area contributed by atoms with Crippen LogP contribution in [-0.2, 0) is 14.7 Å². The molecule has 0 fully saturated rings. The Kier molecular flexibility index (Phi) is 5.08. The molecule has 0 aromatic rings. The van der Waals surface area contributed by atoms with Crippen LogP contribution in [0.3, 0.4) is 0 Å². The summed E-state index contributed by atoms with van der Waals surface area (Å²) in [5.74, 6) is -0.528. The van der Waals surface area contributed by atoms with Crippen molar-refractivity contribution in [3.05, 3.63) is 0 Å². The maximum absolute atomic E-state index is 10.9. The van der Waals surface area contributed by atoms with Gasteiger partial charge in [0, 0.05) is 0 Å². The normalized spacial score (nSPS) is 11.7. The number of hydrogen-bond donors (Lipinski definition) is 0. The summed E-state index contributed by atoms with van der Waals surface area (Å²) in [4.78, 5) is 19.6. The fourth-order valence-electron chi connectivity index (χ4n) is 0.379. The molecule has 1 unspecified atom stereocenters. The number of hydrogen-bond acceptors (Lipinski definition) is 4. The second-order valence-electron chi connectivity index (χ2n) is 2.82. The Morgan fingerprint density at radius 1 is 1.50 bits per heavy atom. The molecule has 0 aliphatic heterocycles. The third kappa shape index (κ3) is 4.71. The first-order valence-corrected chi connectivity index (χ1v) is 3.96. The lowest BCUT2D eigenvalue weighted by Crippen LogP contribution is -2.13. The van der Waals surface area contributed by atoms with Crippen LogP contribution in [0.25, 0.3) is 0 Å². The van der Waals surface area contributed by atoms with Gasteiger partial charge in [0.15, 0.2) is 0 Å². The summed E-state index contributed by atoms with van der Waals surface area (Å²) in [6, 6.07) is 0. The van der Waals surface area contributed by atoms with E-state index < -0.39 is 0 Å². The molecule has 0 rings (SSSR count). The van der Waals surface area contributed by atoms with E-state index in [1.807, 2.05) is 6.92 Å². The fraction of sp³-hybridized carbons (Fsp3) is 0.750. The average molecular weight is 173 g/mol. The number of rotatable bonds is 4. The minimum Gasteiger partial charge on any atom is -0.247 e. The van der Waals surface area contributed by atoms with Crippen molar-refractivity contribution >= 4 is 11.7 Å². The van der Waals surface area contributed by atoms with E-state index in [1.165, 1.54) is 0 Å². The van der Waals surface area contributed by atoms with E-state index in [4.69, 9.17) is 0 Å². The summed E-state index contributed by atoms with van der Waals surface area (Å²) in [6.45, 7) is 7.17. The lowest BCUT2D eigenvalue weighted by molar-refractivity contribution is -0.276. The molecule has 0 aliphatic carbocycles. The summed E-state index contributed by atoms with van der Waals surface area (Å²) >= 11 is 0. The topological polar surface area (TPSA) is 47.9 Å². The van der Waals surface area contributed by atoms with Gasteiger partial charge in [0.25, 0.3) is 0 Å². The molecule has 4 heteroatoms. The Balaban J connectivity index is 3.65. The molecule has 4 nitrogen and oxygen atoms in total. The van der Waals surface area contributed by atoms with Crippen LogP contribution in [0.4, 0.5) is 0 Å². The number of nitrogens with zero attached hydrogens (tertiary/aromatic N) is 1. The largest absolute Gasteiger partial charge is 0.360 e. The zero-order valence-electron chi connectivity index (χ0n) is 7.96. The van der Waals surface area contributed by atoms with Crippen molar-refractivity contribution in [3.8, 4) is 0 Å². The van der Waals surface area contributed by atoms with E-state index in [0.29, 0.717) is 5.71 Å². The van der Waals surface area contributed by atoms with E-state index >= 15 is 0 Å². The van der Waals surface area contributed by atoms with Crippen LogP contribution in [0, 0.1) is 5.92 Å². The molecular formula is C8H15NO3. The first kappa shape index (κ1) is 10.9. The third-order valence-electron chi connectivity index (χ3n) is 1.35. The molecule has 0 amide bonds. The Labute approximate surface area is 72.5 Å². The van der Waals surface area contributed by atoms with Gasteiger partial charge in [-0.05, 0) is 25.4 Å². The lowest BCUT2D eigenvalue weighted by atomic mass is 10.1. The Morgan fingerprint density at radius 2 is 2.08 bits per heavy atom. The van der Waals surface area contributed by atoms with Gasteiger partial charge in [0.2, 0.25) is 0 Å². The second kappa shape index (κ2) is 5.57. The zero-order chi connectivity index (χ0) is 9.56. The standard InChI is InChI=1S/C8H15NO3/c1-5-7(4)8(10)11-12-9-6(2)3/h7H,5H2,1-4H3. The predicted molar refractivity (Wildman–Crippen MR) is 45.4 cm³/mol. The fourth-order valence-corrected chi connectivity index (χ4v) is 0.379. The monoisotopic (exact) mass is 173 g/mol. The van der Waals surface area contributed by atoms with E-state index in [-0.39, 0.29) is 11.9 Å². The van der Waals surface area contributed by atoms with Gasteiger partial charge in [-0.25, -0.2) is 9.68 Å². The molecule has 0 aliphatic rings. The molecule has 1 atom stereocenters. The maximum atomic E-state index is 10.9. The van der Waals surface area contributed by atoms with Crippen molar-refractivity contribution in [3.63, 3.8) is 0 Å². The van der Waals surface area contributed by atoms with E-state index in [2.05, 4.69) is 15.0 Å². The van der Waals surface area contributed by atoms with Crippen LogP contribution in [0.2, 0.25) is 0 Å². The van der Waals surface area contributed by atoms with Gasteiger partial charge in [-0.15, -0.1) is 0 Å². The summed E-state index contributed by atoms with van der Waals surface area (Å²) in [5.41, 5.74) is 0.701. The first-order chi connectivity index (χ1) is 5.57. The highest BCUT2D eigenvalue weighted by Gasteiger charge is 2.13. The summed E-state index contributed by atoms with van der Waals surface area (Å²) in [5, 5.41) is 3.45. The maximum Gasteiger partial charge on any atom is 0.360 e. The highest BCUT2D eigenvalue weighted by atomic mass is 17.3. The van der Waals surface area contributed by atoms with Crippen molar-refractivity contribution in [1.29, 1.82) is 0 Å². The van der Waals surface area contributed by atoms with E-state index in [0.717, 1.165) is 6.42 Å². The van der Waals surface area contributed by atoms with Gasteiger partial charge in [-0.3, -0.25) is 0 Å². The molecule has 0 aromatic heterocycles. The molecule has 0 N–H and O–H groups in total. The van der Waals surface area contributed by atoms with Gasteiger partial charge in [-0.2, -0.15) is 4.99 Å². The van der Waals surface area contributed by atoms with Crippen molar-refractivity contribution in [2.75, 3.05) is 0 Å². The lowest BCUT2D eigenvalue weighted by Gasteiger charge is -2.03. The van der Waals surface area contributed by atoms with Gasteiger partial charge in [0.1, 0.15) is 0 Å². The molecule has 0 aromatic carbocycles. The highest BCUT2D eigenvalue weighted by Crippen LogP contribution is 2.03. The molecule has 0 bridgehead atoms. The zero-order valence-corrected chi connectivity index (χ0v) is 7.96. The third-order valence-corrected chi connectivity index (χ3v) is 1.35. The van der Waals surface area contributed by atoms with E-state index in [1.54, 1.807) is 20.8 Å². The van der Waals surface area contributed by atoms with Crippen molar-refractivity contribution in [2.45, 2.75) is 34.1 Å². The van der Waals surface area contributed by atoms with Crippen molar-refractivity contribution in [2.24, 2.45) is 11.1 Å². The number of carbonyl (C=O) groups is 1. The molecule has 0 spiro atoms. The molecular weight excluding hydrogens is 158 g/mol. The molecule has 0 saturated carbocycles. The van der Waals surface area contributed by atoms with Gasteiger partial charge < -0.3 is 0 Å². The number of oxime groups is 1. The van der Waals surface area contributed by atoms with Crippen LogP contribution in [-0.4, -0.2) is 11.7 Å². The smallest absolute Gasteiger partial charge is 0.247 e. The summed E-state index contributed by atoms with van der Waals surface area (Å²) in [6.07, 6.45) is 0.733. The van der Waals surface area contributed by atoms with Crippen LogP contribution in [0.15, 0.2) is 5.16 Å². The Morgan fingerprint density at radius 3 is 2.50 bits per heavy atom. The Hall–Kier alpha value is -1.06. The molecule has 0 heterocycles. The minimum atomic E-state index is -0.387. The molecule has 0 radical (unpaired) electrons. The van der Waals surface area contributed by atoms with Crippen molar-refractivity contribution < 1.29 is 14.7 Å². The summed E-state index contributed by atoms with van der Waals surface area (Å²) in [7, 11) is 0. The molecule has 12 heavy (non-hydrogen) atoms. The predicted octanol–water partition coefficient (Wildman–Crippen LogP) is 1.90. The van der Waals surface area contributed by atoms with Gasteiger partial charge >= 0.3 is 5.97 Å². The van der Waals surface area contributed by atoms with Crippen LogP contribution >= 0.6 is 0 Å². The molecule has 70 valence electrons. The highest BCUT2D eigenvalue weighted by molar-refractivity contribution is 5.78. The van der Waals surface area contributed by atoms with Crippen LogP contribution in [0.5, 0.6) is 0 Å². The Bertz CT molecular complexity index is 173. The first-order valence-electron chi connectivity index (χ1n) is 3.96. The van der Waals surface area contributed by atoms with E-state index in [9.17, 15) is 4.79 Å². The second-order valence-corrected chi connectivity index (χ2v) is 2.82. The van der Waals surface area contributed by atoms with Crippen molar-refractivity contribution in [1.82, 2.24) is 0 Å². The molecule has 0 saturated heterocycles. The van der Waals surface area contributed by atoms with Gasteiger partial charge in [-0.1, -0.05) is 13.8 Å².